The minimum Gasteiger partial charge on any atom is -0.341 e. The van der Waals surface area contributed by atoms with Crippen molar-refractivity contribution in [1.29, 1.82) is 0 Å². The second-order valence-corrected chi connectivity index (χ2v) is 7.61. The fourth-order valence-electron chi connectivity index (χ4n) is 3.09. The van der Waals surface area contributed by atoms with Gasteiger partial charge in [-0.05, 0) is 29.8 Å². The SMILES string of the molecule is CN(Cc1ccc(F)cc1)C(=O)CSc1nnc2n(C)c(=O)c3ccccc3n12. The highest BCUT2D eigenvalue weighted by Crippen LogP contribution is 2.21. The van der Waals surface area contributed by atoms with E-state index in [1.54, 1.807) is 47.7 Å². The van der Waals surface area contributed by atoms with Crippen LogP contribution in [0.15, 0.2) is 58.5 Å². The van der Waals surface area contributed by atoms with Crippen molar-refractivity contribution in [2.45, 2.75) is 11.7 Å². The first kappa shape index (κ1) is 19.1. The Morgan fingerprint density at radius 1 is 1.14 bits per heavy atom. The quantitative estimate of drug-likeness (QED) is 0.472. The van der Waals surface area contributed by atoms with Gasteiger partial charge in [-0.15, -0.1) is 10.2 Å². The number of halogens is 1. The molecule has 0 saturated heterocycles. The molecule has 7 nitrogen and oxygen atoms in total. The van der Waals surface area contributed by atoms with Gasteiger partial charge in [-0.3, -0.25) is 18.6 Å². The van der Waals surface area contributed by atoms with E-state index < -0.39 is 0 Å². The van der Waals surface area contributed by atoms with E-state index in [-0.39, 0.29) is 23.0 Å². The molecule has 4 aromatic rings. The Kier molecular flexibility index (Phi) is 5.06. The van der Waals surface area contributed by atoms with Gasteiger partial charge in [0.15, 0.2) is 5.16 Å². The minimum atomic E-state index is -0.307. The Labute approximate surface area is 169 Å². The molecule has 9 heteroatoms. The Morgan fingerprint density at radius 3 is 2.62 bits per heavy atom. The van der Waals surface area contributed by atoms with Gasteiger partial charge in [-0.1, -0.05) is 36.0 Å². The number of benzene rings is 2. The molecule has 0 saturated carbocycles. The van der Waals surface area contributed by atoms with Crippen LogP contribution in [-0.4, -0.2) is 42.8 Å². The van der Waals surface area contributed by atoms with E-state index in [1.165, 1.54) is 28.5 Å². The zero-order valence-corrected chi connectivity index (χ0v) is 16.7. The van der Waals surface area contributed by atoms with E-state index in [0.29, 0.717) is 28.4 Å². The van der Waals surface area contributed by atoms with E-state index in [9.17, 15) is 14.0 Å². The van der Waals surface area contributed by atoms with Crippen molar-refractivity contribution in [2.24, 2.45) is 7.05 Å². The van der Waals surface area contributed by atoms with Crippen LogP contribution < -0.4 is 5.56 Å². The van der Waals surface area contributed by atoms with Crippen molar-refractivity contribution in [2.75, 3.05) is 12.8 Å². The maximum atomic E-state index is 13.0. The largest absolute Gasteiger partial charge is 0.341 e. The number of aromatic nitrogens is 4. The third-order valence-electron chi connectivity index (χ3n) is 4.68. The summed E-state index contributed by atoms with van der Waals surface area (Å²) >= 11 is 1.26. The van der Waals surface area contributed by atoms with Crippen molar-refractivity contribution in [3.63, 3.8) is 0 Å². The number of carbonyl (C=O) groups excluding carboxylic acids is 1. The predicted octanol–water partition coefficient (Wildman–Crippen LogP) is 2.47. The summed E-state index contributed by atoms with van der Waals surface area (Å²) in [6.07, 6.45) is 0. The maximum Gasteiger partial charge on any atom is 0.262 e. The molecule has 0 atom stereocenters. The lowest BCUT2D eigenvalue weighted by molar-refractivity contribution is -0.127. The van der Waals surface area contributed by atoms with Gasteiger partial charge in [0, 0.05) is 20.6 Å². The maximum absolute atomic E-state index is 13.0. The first-order chi connectivity index (χ1) is 14.0. The molecule has 4 rings (SSSR count). The molecule has 2 heterocycles. The molecule has 0 unspecified atom stereocenters. The van der Waals surface area contributed by atoms with Gasteiger partial charge in [-0.2, -0.15) is 0 Å². The Morgan fingerprint density at radius 2 is 1.86 bits per heavy atom. The van der Waals surface area contributed by atoms with Gasteiger partial charge in [0.2, 0.25) is 11.7 Å². The number of fused-ring (bicyclic) bond motifs is 3. The van der Waals surface area contributed by atoms with E-state index >= 15 is 0 Å². The second-order valence-electron chi connectivity index (χ2n) is 6.66. The number of thioether (sulfide) groups is 1. The van der Waals surface area contributed by atoms with Crippen molar-refractivity contribution < 1.29 is 9.18 Å². The van der Waals surface area contributed by atoms with Crippen molar-refractivity contribution in [1.82, 2.24) is 24.1 Å². The Balaban J connectivity index is 1.56. The van der Waals surface area contributed by atoms with E-state index in [2.05, 4.69) is 10.2 Å². The van der Waals surface area contributed by atoms with Crippen LogP contribution in [0.25, 0.3) is 16.7 Å². The Bertz CT molecular complexity index is 1270. The third-order valence-corrected chi connectivity index (χ3v) is 5.59. The van der Waals surface area contributed by atoms with Crippen molar-refractivity contribution in [3.05, 3.63) is 70.3 Å². The fraction of sp³-hybridized carbons (Fsp3) is 0.200. The summed E-state index contributed by atoms with van der Waals surface area (Å²) in [5.41, 5.74) is 1.40. The number of hydrogen-bond donors (Lipinski definition) is 0. The van der Waals surface area contributed by atoms with Gasteiger partial charge < -0.3 is 4.90 Å². The molecule has 2 aromatic heterocycles. The van der Waals surface area contributed by atoms with Crippen molar-refractivity contribution >= 4 is 34.3 Å². The zero-order chi connectivity index (χ0) is 20.5. The lowest BCUT2D eigenvalue weighted by Crippen LogP contribution is -2.27. The third kappa shape index (κ3) is 3.61. The Hall–Kier alpha value is -3.20. The number of rotatable bonds is 5. The molecule has 0 aliphatic heterocycles. The minimum absolute atomic E-state index is 0.0924. The highest BCUT2D eigenvalue weighted by Gasteiger charge is 2.17. The van der Waals surface area contributed by atoms with E-state index in [4.69, 9.17) is 0 Å². The lowest BCUT2D eigenvalue weighted by Gasteiger charge is -2.17. The molecule has 0 aliphatic carbocycles. The van der Waals surface area contributed by atoms with Gasteiger partial charge in [-0.25, -0.2) is 4.39 Å². The molecule has 148 valence electrons. The standard InChI is InChI=1S/C20H18FN5O2S/c1-24(11-13-7-9-14(21)10-8-13)17(27)12-29-20-23-22-19-25(2)18(28)15-5-3-4-6-16(15)26(19)20/h3-10H,11-12H2,1-2H3. The molecule has 0 spiro atoms. The number of nitrogens with zero attached hydrogens (tertiary/aromatic N) is 5. The zero-order valence-electron chi connectivity index (χ0n) is 15.9. The van der Waals surface area contributed by atoms with Gasteiger partial charge in [0.25, 0.3) is 5.56 Å². The van der Waals surface area contributed by atoms with Crippen LogP contribution in [0.5, 0.6) is 0 Å². The molecule has 29 heavy (non-hydrogen) atoms. The number of amides is 1. The summed E-state index contributed by atoms with van der Waals surface area (Å²) in [6.45, 7) is 0.387. The highest BCUT2D eigenvalue weighted by molar-refractivity contribution is 7.99. The molecular weight excluding hydrogens is 393 g/mol. The monoisotopic (exact) mass is 411 g/mol. The van der Waals surface area contributed by atoms with Crippen LogP contribution in [0.4, 0.5) is 4.39 Å². The van der Waals surface area contributed by atoms with Crippen LogP contribution in [0.2, 0.25) is 0 Å². The number of aryl methyl sites for hydroxylation is 1. The lowest BCUT2D eigenvalue weighted by atomic mass is 10.2. The predicted molar refractivity (Wildman–Crippen MR) is 109 cm³/mol. The smallest absolute Gasteiger partial charge is 0.262 e. The van der Waals surface area contributed by atoms with E-state index in [1.807, 2.05) is 12.1 Å². The van der Waals surface area contributed by atoms with Crippen molar-refractivity contribution in [3.8, 4) is 0 Å². The van der Waals surface area contributed by atoms with Crippen LogP contribution in [0.1, 0.15) is 5.56 Å². The van der Waals surface area contributed by atoms with E-state index in [0.717, 1.165) is 5.56 Å². The molecule has 0 aliphatic rings. The molecule has 0 bridgehead atoms. The van der Waals surface area contributed by atoms with Gasteiger partial charge in [0.05, 0.1) is 16.7 Å². The molecule has 0 fully saturated rings. The molecular formula is C20H18FN5O2S. The summed E-state index contributed by atoms with van der Waals surface area (Å²) in [5, 5.41) is 9.40. The van der Waals surface area contributed by atoms with Crippen LogP contribution in [-0.2, 0) is 18.4 Å². The topological polar surface area (TPSA) is 72.5 Å². The molecule has 0 N–H and O–H groups in total. The van der Waals surface area contributed by atoms with Gasteiger partial charge >= 0.3 is 0 Å². The first-order valence-electron chi connectivity index (χ1n) is 8.90. The average Bonchev–Trinajstić information content (AvgIpc) is 3.16. The number of para-hydroxylation sites is 1. The van der Waals surface area contributed by atoms with Crippen LogP contribution in [0, 0.1) is 5.82 Å². The normalized spacial score (nSPS) is 11.3. The van der Waals surface area contributed by atoms with Crippen LogP contribution >= 0.6 is 11.8 Å². The summed E-state index contributed by atoms with van der Waals surface area (Å²) in [7, 11) is 3.35. The number of carbonyl (C=O) groups is 1. The summed E-state index contributed by atoms with van der Waals surface area (Å²) in [4.78, 5) is 26.6. The average molecular weight is 411 g/mol. The van der Waals surface area contributed by atoms with Gasteiger partial charge in [0.1, 0.15) is 5.82 Å². The number of hydrogen-bond acceptors (Lipinski definition) is 5. The fourth-order valence-corrected chi connectivity index (χ4v) is 3.97. The highest BCUT2D eigenvalue weighted by atomic mass is 32.2. The van der Waals surface area contributed by atoms with Crippen LogP contribution in [0.3, 0.4) is 0 Å². The summed E-state index contributed by atoms with van der Waals surface area (Å²) in [5.74, 6) is 0.183. The second kappa shape index (κ2) is 7.67. The molecule has 2 aromatic carbocycles. The molecule has 0 radical (unpaired) electrons. The first-order valence-corrected chi connectivity index (χ1v) is 9.88. The summed E-state index contributed by atoms with van der Waals surface area (Å²) < 4.78 is 16.3. The summed E-state index contributed by atoms with van der Waals surface area (Å²) in [6, 6.07) is 13.3. The molecule has 1 amide bonds.